The molecule has 3 heterocycles. The fraction of sp³-hybridized carbons (Fsp3) is 0.400. The average Bonchev–Trinajstić information content (AvgIpc) is 3.10. The molecule has 0 bridgehead atoms. The summed E-state index contributed by atoms with van der Waals surface area (Å²) in [5, 5.41) is 11.8. The molecule has 3 rings (SSSR count). The fourth-order valence-electron chi connectivity index (χ4n) is 2.78. The smallest absolute Gasteiger partial charge is 0.267 e. The minimum Gasteiger partial charge on any atom is -0.350 e. The molecule has 1 aliphatic rings. The summed E-state index contributed by atoms with van der Waals surface area (Å²) < 4.78 is 3.83. The Morgan fingerprint density at radius 1 is 1.62 bits per heavy atom. The lowest BCUT2D eigenvalue weighted by Gasteiger charge is -2.23. The molecule has 21 heavy (non-hydrogen) atoms. The van der Waals surface area contributed by atoms with E-state index in [9.17, 15) is 4.79 Å². The van der Waals surface area contributed by atoms with Gasteiger partial charge in [-0.15, -0.1) is 0 Å². The third kappa shape index (κ3) is 2.68. The Morgan fingerprint density at radius 2 is 2.48 bits per heavy atom. The van der Waals surface area contributed by atoms with E-state index in [-0.39, 0.29) is 5.91 Å². The zero-order valence-electron chi connectivity index (χ0n) is 11.9. The van der Waals surface area contributed by atoms with E-state index in [0.717, 1.165) is 25.2 Å². The molecule has 1 amide bonds. The first-order chi connectivity index (χ1) is 10.2. The molecule has 2 aromatic heterocycles. The largest absolute Gasteiger partial charge is 0.350 e. The highest BCUT2D eigenvalue weighted by atomic mass is 16.1. The van der Waals surface area contributed by atoms with Crippen LogP contribution in [0.1, 0.15) is 28.3 Å². The summed E-state index contributed by atoms with van der Waals surface area (Å²) in [7, 11) is 1.77. The van der Waals surface area contributed by atoms with Crippen LogP contribution in [0.25, 0.3) is 0 Å². The minimum atomic E-state index is -0.129. The van der Waals surface area contributed by atoms with E-state index in [1.54, 1.807) is 23.9 Å². The van der Waals surface area contributed by atoms with E-state index in [1.807, 2.05) is 18.5 Å². The quantitative estimate of drug-likeness (QED) is 0.916. The normalized spacial score (nSPS) is 17.0. The Balaban J connectivity index is 1.59. The second-order valence-corrected chi connectivity index (χ2v) is 5.45. The van der Waals surface area contributed by atoms with Gasteiger partial charge in [0, 0.05) is 45.1 Å². The Labute approximate surface area is 123 Å². The summed E-state index contributed by atoms with van der Waals surface area (Å²) >= 11 is 0. The molecule has 6 heteroatoms. The Kier molecular flexibility index (Phi) is 3.48. The number of amides is 1. The summed E-state index contributed by atoms with van der Waals surface area (Å²) in [4.78, 5) is 16.5. The van der Waals surface area contributed by atoms with Gasteiger partial charge in [0.05, 0.1) is 5.56 Å². The Hall–Kier alpha value is -2.55. The standard InChI is InChI=1S/C15H17N5O/c1-19-9-12(7-16)6-13(19)15(21)18-8-11-2-3-14-17-4-5-20(14)10-11/h4-6,9,11H,2-3,8,10H2,1H3,(H,18,21). The van der Waals surface area contributed by atoms with Crippen LogP contribution in [0.15, 0.2) is 24.7 Å². The van der Waals surface area contributed by atoms with Gasteiger partial charge in [-0.1, -0.05) is 0 Å². The number of carbonyl (C=O) groups excluding carboxylic acids is 1. The molecule has 0 saturated heterocycles. The summed E-state index contributed by atoms with van der Waals surface area (Å²) in [6.45, 7) is 1.54. The molecule has 0 saturated carbocycles. The highest BCUT2D eigenvalue weighted by Gasteiger charge is 2.20. The van der Waals surface area contributed by atoms with E-state index in [0.29, 0.717) is 23.7 Å². The molecule has 0 radical (unpaired) electrons. The van der Waals surface area contributed by atoms with E-state index in [1.165, 1.54) is 0 Å². The van der Waals surface area contributed by atoms with Crippen LogP contribution in [0.2, 0.25) is 0 Å². The number of imidazole rings is 1. The maximum Gasteiger partial charge on any atom is 0.267 e. The van der Waals surface area contributed by atoms with Gasteiger partial charge in [0.1, 0.15) is 17.6 Å². The molecule has 0 aromatic carbocycles. The van der Waals surface area contributed by atoms with E-state index in [4.69, 9.17) is 5.26 Å². The summed E-state index contributed by atoms with van der Waals surface area (Å²) in [5.74, 6) is 1.42. The molecule has 6 nitrogen and oxygen atoms in total. The number of hydrogen-bond donors (Lipinski definition) is 1. The predicted molar refractivity (Wildman–Crippen MR) is 76.5 cm³/mol. The van der Waals surface area contributed by atoms with Crippen LogP contribution in [-0.4, -0.2) is 26.6 Å². The van der Waals surface area contributed by atoms with Crippen molar-refractivity contribution in [3.8, 4) is 6.07 Å². The van der Waals surface area contributed by atoms with Crippen LogP contribution in [-0.2, 0) is 20.0 Å². The van der Waals surface area contributed by atoms with E-state index >= 15 is 0 Å². The van der Waals surface area contributed by atoms with Crippen molar-refractivity contribution in [3.63, 3.8) is 0 Å². The molecule has 0 fully saturated rings. The first kappa shape index (κ1) is 13.4. The van der Waals surface area contributed by atoms with Crippen LogP contribution in [0.4, 0.5) is 0 Å². The molecular weight excluding hydrogens is 266 g/mol. The molecule has 1 atom stereocenters. The Bertz CT molecular complexity index is 706. The van der Waals surface area contributed by atoms with Gasteiger partial charge in [-0.2, -0.15) is 5.26 Å². The number of nitrogens with zero attached hydrogens (tertiary/aromatic N) is 4. The molecular formula is C15H17N5O. The van der Waals surface area contributed by atoms with Crippen LogP contribution in [0, 0.1) is 17.2 Å². The van der Waals surface area contributed by atoms with Gasteiger partial charge < -0.3 is 14.5 Å². The number of rotatable bonds is 3. The van der Waals surface area contributed by atoms with E-state index in [2.05, 4.69) is 14.9 Å². The lowest BCUT2D eigenvalue weighted by Crippen LogP contribution is -2.34. The van der Waals surface area contributed by atoms with Crippen LogP contribution >= 0.6 is 0 Å². The first-order valence-electron chi connectivity index (χ1n) is 7.02. The maximum atomic E-state index is 12.2. The Morgan fingerprint density at radius 3 is 3.24 bits per heavy atom. The van der Waals surface area contributed by atoms with E-state index < -0.39 is 0 Å². The third-order valence-corrected chi connectivity index (χ3v) is 3.95. The third-order valence-electron chi connectivity index (χ3n) is 3.95. The monoisotopic (exact) mass is 283 g/mol. The van der Waals surface area contributed by atoms with Gasteiger partial charge >= 0.3 is 0 Å². The number of aromatic nitrogens is 3. The number of carbonyl (C=O) groups is 1. The van der Waals surface area contributed by atoms with Crippen LogP contribution < -0.4 is 5.32 Å². The highest BCUT2D eigenvalue weighted by Crippen LogP contribution is 2.18. The van der Waals surface area contributed by atoms with Crippen molar-refractivity contribution in [1.29, 1.82) is 5.26 Å². The van der Waals surface area contributed by atoms with Gasteiger partial charge in [0.2, 0.25) is 0 Å². The predicted octanol–water partition coefficient (Wildman–Crippen LogP) is 1.09. The molecule has 0 aliphatic carbocycles. The van der Waals surface area contributed by atoms with Crippen molar-refractivity contribution in [2.45, 2.75) is 19.4 Å². The summed E-state index contributed by atoms with van der Waals surface area (Å²) in [6.07, 6.45) is 7.46. The minimum absolute atomic E-state index is 0.129. The zero-order valence-corrected chi connectivity index (χ0v) is 11.9. The number of fused-ring (bicyclic) bond motifs is 1. The van der Waals surface area contributed by atoms with Gasteiger partial charge in [0.15, 0.2) is 0 Å². The van der Waals surface area contributed by atoms with Gasteiger partial charge in [-0.05, 0) is 18.4 Å². The summed E-state index contributed by atoms with van der Waals surface area (Å²) in [6, 6.07) is 3.66. The second kappa shape index (κ2) is 5.44. The average molecular weight is 283 g/mol. The molecule has 108 valence electrons. The van der Waals surface area contributed by atoms with Crippen molar-refractivity contribution in [2.75, 3.05) is 6.54 Å². The molecule has 2 aromatic rings. The van der Waals surface area contributed by atoms with Crippen molar-refractivity contribution in [2.24, 2.45) is 13.0 Å². The maximum absolute atomic E-state index is 12.2. The number of hydrogen-bond acceptors (Lipinski definition) is 3. The van der Waals surface area contributed by atoms with Gasteiger partial charge in [-0.3, -0.25) is 4.79 Å². The second-order valence-electron chi connectivity index (χ2n) is 5.45. The molecule has 1 N–H and O–H groups in total. The van der Waals surface area contributed by atoms with Crippen molar-refractivity contribution in [1.82, 2.24) is 19.4 Å². The molecule has 0 spiro atoms. The first-order valence-corrected chi connectivity index (χ1v) is 7.02. The molecule has 1 unspecified atom stereocenters. The fourth-order valence-corrected chi connectivity index (χ4v) is 2.78. The summed E-state index contributed by atoms with van der Waals surface area (Å²) in [5.41, 5.74) is 1.02. The van der Waals surface area contributed by atoms with Gasteiger partial charge in [0.25, 0.3) is 5.91 Å². The van der Waals surface area contributed by atoms with Crippen LogP contribution in [0.5, 0.6) is 0 Å². The van der Waals surface area contributed by atoms with Gasteiger partial charge in [-0.25, -0.2) is 4.98 Å². The zero-order chi connectivity index (χ0) is 14.8. The van der Waals surface area contributed by atoms with Crippen molar-refractivity contribution in [3.05, 3.63) is 41.7 Å². The lowest BCUT2D eigenvalue weighted by molar-refractivity contribution is 0.0935. The topological polar surface area (TPSA) is 75.6 Å². The SMILES string of the molecule is Cn1cc(C#N)cc1C(=O)NCC1CCc2nccn2C1. The number of nitriles is 1. The van der Waals surface area contributed by atoms with Crippen LogP contribution in [0.3, 0.4) is 0 Å². The number of nitrogens with one attached hydrogen (secondary N) is 1. The number of aryl methyl sites for hydroxylation is 2. The highest BCUT2D eigenvalue weighted by molar-refractivity contribution is 5.93. The van der Waals surface area contributed by atoms with Crippen molar-refractivity contribution >= 4 is 5.91 Å². The molecule has 1 aliphatic heterocycles. The van der Waals surface area contributed by atoms with Crippen molar-refractivity contribution < 1.29 is 4.79 Å². The lowest BCUT2D eigenvalue weighted by atomic mass is 9.99.